The summed E-state index contributed by atoms with van der Waals surface area (Å²) in [6.07, 6.45) is -4.74. The Morgan fingerprint density at radius 1 is 1.10 bits per heavy atom. The van der Waals surface area contributed by atoms with Gasteiger partial charge in [-0.3, -0.25) is 0 Å². The number of hydrazine groups is 1. The Balaban J connectivity index is 2.36. The maximum Gasteiger partial charge on any atom is 0.451 e. The van der Waals surface area contributed by atoms with Crippen molar-refractivity contribution in [2.45, 2.75) is 6.18 Å². The lowest BCUT2D eigenvalue weighted by Gasteiger charge is -2.11. The van der Waals surface area contributed by atoms with Crippen molar-refractivity contribution >= 4 is 28.9 Å². The number of nitrogens with two attached hydrogens (primary N) is 1. The Kier molecular flexibility index (Phi) is 4.14. The molecule has 0 radical (unpaired) electrons. The molecular weight excluding hydrogens is 314 g/mol. The fraction of sp³-hybridized carbons (Fsp3) is 0.0909. The zero-order valence-corrected chi connectivity index (χ0v) is 10.9. The second-order valence-corrected chi connectivity index (χ2v) is 4.27. The minimum Gasteiger partial charge on any atom is -0.340 e. The van der Waals surface area contributed by atoms with Crippen LogP contribution in [-0.4, -0.2) is 9.97 Å². The van der Waals surface area contributed by atoms with Crippen LogP contribution in [-0.2, 0) is 6.18 Å². The predicted molar refractivity (Wildman–Crippen MR) is 69.5 cm³/mol. The first-order valence-corrected chi connectivity index (χ1v) is 5.82. The first kappa shape index (κ1) is 15.3. The van der Waals surface area contributed by atoms with Crippen LogP contribution in [0, 0.1) is 5.82 Å². The summed E-state index contributed by atoms with van der Waals surface area (Å²) in [6.45, 7) is 0. The van der Waals surface area contributed by atoms with Crippen molar-refractivity contribution in [1.29, 1.82) is 0 Å². The molecule has 0 spiro atoms. The van der Waals surface area contributed by atoms with Crippen LogP contribution < -0.4 is 16.6 Å². The molecule has 0 atom stereocenters. The molecule has 0 bridgehead atoms. The molecule has 112 valence electrons. The second-order valence-electron chi connectivity index (χ2n) is 3.86. The van der Waals surface area contributed by atoms with Gasteiger partial charge in [-0.2, -0.15) is 13.2 Å². The number of hydrogen-bond donors (Lipinski definition) is 3. The number of nitrogen functional groups attached to an aromatic ring is 1. The molecule has 21 heavy (non-hydrogen) atoms. The van der Waals surface area contributed by atoms with Crippen LogP contribution in [0.5, 0.6) is 0 Å². The summed E-state index contributed by atoms with van der Waals surface area (Å²) in [5.74, 6) is 2.51. The lowest BCUT2D eigenvalue weighted by Crippen LogP contribution is -2.16. The zero-order valence-electron chi connectivity index (χ0n) is 10.2. The lowest BCUT2D eigenvalue weighted by atomic mass is 10.3. The number of nitrogens with one attached hydrogen (secondary N) is 2. The van der Waals surface area contributed by atoms with Crippen molar-refractivity contribution in [3.05, 3.63) is 40.9 Å². The Labute approximate surface area is 121 Å². The normalized spacial score (nSPS) is 11.3. The van der Waals surface area contributed by atoms with E-state index in [4.69, 9.17) is 17.4 Å². The molecule has 0 saturated carbocycles. The van der Waals surface area contributed by atoms with E-state index in [0.717, 1.165) is 12.1 Å². The number of rotatable bonds is 3. The Morgan fingerprint density at radius 3 is 2.33 bits per heavy atom. The molecule has 10 heteroatoms. The van der Waals surface area contributed by atoms with Crippen molar-refractivity contribution in [3.8, 4) is 0 Å². The number of hydrogen-bond acceptors (Lipinski definition) is 5. The van der Waals surface area contributed by atoms with E-state index in [-0.39, 0.29) is 22.3 Å². The number of halogens is 5. The maximum absolute atomic E-state index is 13.3. The third-order valence-electron chi connectivity index (χ3n) is 2.32. The number of nitrogens with zero attached hydrogens (tertiary/aromatic N) is 2. The van der Waals surface area contributed by atoms with Gasteiger partial charge in [-0.15, -0.1) is 0 Å². The topological polar surface area (TPSA) is 75.9 Å². The smallest absolute Gasteiger partial charge is 0.340 e. The van der Waals surface area contributed by atoms with Crippen LogP contribution in [0.15, 0.2) is 24.3 Å². The average molecular weight is 322 g/mol. The van der Waals surface area contributed by atoms with Gasteiger partial charge in [0.25, 0.3) is 0 Å². The molecule has 2 aromatic rings. The van der Waals surface area contributed by atoms with Crippen molar-refractivity contribution in [3.63, 3.8) is 0 Å². The third kappa shape index (κ3) is 3.70. The minimum atomic E-state index is -4.74. The van der Waals surface area contributed by atoms with E-state index < -0.39 is 17.8 Å². The van der Waals surface area contributed by atoms with Gasteiger partial charge in [-0.25, -0.2) is 20.2 Å². The zero-order chi connectivity index (χ0) is 15.6. The van der Waals surface area contributed by atoms with Crippen LogP contribution in [0.1, 0.15) is 5.82 Å². The monoisotopic (exact) mass is 321 g/mol. The molecule has 4 N–H and O–H groups in total. The molecule has 5 nitrogen and oxygen atoms in total. The molecule has 0 saturated heterocycles. The van der Waals surface area contributed by atoms with E-state index in [2.05, 4.69) is 15.3 Å². The van der Waals surface area contributed by atoms with E-state index in [1.54, 1.807) is 0 Å². The van der Waals surface area contributed by atoms with Crippen LogP contribution in [0.25, 0.3) is 0 Å². The highest BCUT2D eigenvalue weighted by Crippen LogP contribution is 2.29. The number of aromatic nitrogens is 2. The second kappa shape index (κ2) is 5.70. The van der Waals surface area contributed by atoms with Gasteiger partial charge in [0.05, 0.1) is 5.02 Å². The summed E-state index contributed by atoms with van der Waals surface area (Å²) >= 11 is 5.51. The molecule has 0 aliphatic carbocycles. The van der Waals surface area contributed by atoms with Gasteiger partial charge in [0, 0.05) is 11.8 Å². The third-order valence-corrected chi connectivity index (χ3v) is 2.63. The first-order chi connectivity index (χ1) is 9.79. The highest BCUT2D eigenvalue weighted by molar-refractivity contribution is 6.30. The Bertz CT molecular complexity index is 662. The SMILES string of the molecule is NNc1cc(Nc2ccc(Cl)c(F)c2)nc(C(F)(F)F)n1. The molecule has 0 aliphatic heterocycles. The van der Waals surface area contributed by atoms with Crippen LogP contribution in [0.4, 0.5) is 34.9 Å². The van der Waals surface area contributed by atoms with E-state index in [1.165, 1.54) is 12.1 Å². The van der Waals surface area contributed by atoms with Gasteiger partial charge in [0.1, 0.15) is 17.5 Å². The number of benzene rings is 1. The highest BCUT2D eigenvalue weighted by atomic mass is 35.5. The van der Waals surface area contributed by atoms with Gasteiger partial charge >= 0.3 is 6.18 Å². The Hall–Kier alpha value is -2.13. The molecule has 1 aromatic carbocycles. The molecule has 0 amide bonds. The van der Waals surface area contributed by atoms with E-state index >= 15 is 0 Å². The fourth-order valence-electron chi connectivity index (χ4n) is 1.43. The van der Waals surface area contributed by atoms with Gasteiger partial charge in [-0.1, -0.05) is 11.6 Å². The predicted octanol–water partition coefficient (Wildman–Crippen LogP) is 3.32. The van der Waals surface area contributed by atoms with Crippen LogP contribution in [0.2, 0.25) is 5.02 Å². The standard InChI is InChI=1S/C11H8ClF4N5/c12-6-2-1-5(3-7(6)13)18-8-4-9(21-17)20-10(19-8)11(14,15)16/h1-4H,17H2,(H2,18,19,20,21). The summed E-state index contributed by atoms with van der Waals surface area (Å²) in [4.78, 5) is 6.49. The molecule has 0 fully saturated rings. The van der Waals surface area contributed by atoms with Gasteiger partial charge in [0.2, 0.25) is 5.82 Å². The van der Waals surface area contributed by atoms with E-state index in [0.29, 0.717) is 0 Å². The number of alkyl halides is 3. The molecule has 2 rings (SSSR count). The maximum atomic E-state index is 13.3. The number of anilines is 3. The van der Waals surface area contributed by atoms with Crippen molar-refractivity contribution < 1.29 is 17.6 Å². The minimum absolute atomic E-state index is 0.108. The largest absolute Gasteiger partial charge is 0.451 e. The van der Waals surface area contributed by atoms with Gasteiger partial charge in [-0.05, 0) is 18.2 Å². The molecule has 0 unspecified atom stereocenters. The molecule has 0 aliphatic rings. The van der Waals surface area contributed by atoms with Crippen molar-refractivity contribution in [2.75, 3.05) is 10.7 Å². The van der Waals surface area contributed by atoms with E-state index in [1.807, 2.05) is 5.43 Å². The van der Waals surface area contributed by atoms with Crippen LogP contribution >= 0.6 is 11.6 Å². The fourth-order valence-corrected chi connectivity index (χ4v) is 1.55. The summed E-state index contributed by atoms with van der Waals surface area (Å²) in [5, 5.41) is 2.41. The van der Waals surface area contributed by atoms with Crippen molar-refractivity contribution in [1.82, 2.24) is 9.97 Å². The van der Waals surface area contributed by atoms with Crippen LogP contribution in [0.3, 0.4) is 0 Å². The molecule has 1 aromatic heterocycles. The molecular formula is C11H8ClF4N5. The average Bonchev–Trinajstić information content (AvgIpc) is 2.41. The summed E-state index contributed by atoms with van der Waals surface area (Å²) in [5.41, 5.74) is 2.17. The van der Waals surface area contributed by atoms with Gasteiger partial charge < -0.3 is 10.7 Å². The van der Waals surface area contributed by atoms with Crippen molar-refractivity contribution in [2.24, 2.45) is 5.84 Å². The van der Waals surface area contributed by atoms with Gasteiger partial charge in [0.15, 0.2) is 0 Å². The molecule has 1 heterocycles. The summed E-state index contributed by atoms with van der Waals surface area (Å²) in [6, 6.07) is 4.80. The van der Waals surface area contributed by atoms with E-state index in [9.17, 15) is 17.6 Å². The quantitative estimate of drug-likeness (QED) is 0.459. The summed E-state index contributed by atoms with van der Waals surface area (Å²) < 4.78 is 51.2. The lowest BCUT2D eigenvalue weighted by molar-refractivity contribution is -0.144. The first-order valence-electron chi connectivity index (χ1n) is 5.44. The highest BCUT2D eigenvalue weighted by Gasteiger charge is 2.35. The Morgan fingerprint density at radius 2 is 1.76 bits per heavy atom. The summed E-state index contributed by atoms with van der Waals surface area (Å²) in [7, 11) is 0.